The predicted molar refractivity (Wildman–Crippen MR) is 123 cm³/mol. The van der Waals surface area contributed by atoms with Crippen LogP contribution in [-0.2, 0) is 24.2 Å². The minimum absolute atomic E-state index is 0. The van der Waals surface area contributed by atoms with Gasteiger partial charge in [-0.15, -0.1) is 22.7 Å². The first-order valence-corrected chi connectivity index (χ1v) is 12.4. The van der Waals surface area contributed by atoms with Crippen molar-refractivity contribution < 1.29 is 6.22 Å². The first-order valence-electron chi connectivity index (χ1n) is 10.8. The topological polar surface area (TPSA) is 54.9 Å². The molecule has 0 aromatic carbocycles. The summed E-state index contributed by atoms with van der Waals surface area (Å²) in [5.41, 5.74) is 3.60. The lowest BCUT2D eigenvalue weighted by Gasteiger charge is -2.13. The van der Waals surface area contributed by atoms with Crippen LogP contribution < -0.4 is 5.32 Å². The van der Waals surface area contributed by atoms with Crippen molar-refractivity contribution in [2.45, 2.75) is 58.4 Å². The van der Waals surface area contributed by atoms with Crippen molar-refractivity contribution in [3.8, 4) is 10.6 Å². The quantitative estimate of drug-likeness (QED) is 0.505. The third-order valence-corrected chi connectivity index (χ3v) is 8.59. The number of fused-ring (bicyclic) bond motifs is 2. The van der Waals surface area contributed by atoms with E-state index in [0.717, 1.165) is 53.0 Å². The largest absolute Gasteiger partial charge is 0.312 e. The highest BCUT2D eigenvalue weighted by atomic mass is 32.1. The van der Waals surface area contributed by atoms with Crippen LogP contribution >= 0.6 is 22.7 Å². The van der Waals surface area contributed by atoms with Gasteiger partial charge >= 0.3 is 0 Å². The van der Waals surface area contributed by atoms with Gasteiger partial charge in [0.25, 0.3) is 0 Å². The molecule has 1 fully saturated rings. The Morgan fingerprint density at radius 3 is 3.10 bits per heavy atom. The number of Topliss-reactive ketones (excluding diaryl/α,β-unsaturated/α-hetero) is 1. The number of rotatable bonds is 8. The molecule has 6 heteroatoms. The fourth-order valence-electron chi connectivity index (χ4n) is 4.44. The van der Waals surface area contributed by atoms with Gasteiger partial charge in [0.15, 0.2) is 0 Å². The van der Waals surface area contributed by atoms with Gasteiger partial charge in [0.2, 0.25) is 0 Å². The second kappa shape index (κ2) is 8.25. The third kappa shape index (κ3) is 4.16. The Balaban J connectivity index is 0.00000218. The molecule has 0 bridgehead atoms. The highest BCUT2D eigenvalue weighted by molar-refractivity contribution is 7.22. The van der Waals surface area contributed by atoms with E-state index < -0.39 is 0 Å². The maximum Gasteiger partial charge on any atom is 0.138 e. The van der Waals surface area contributed by atoms with Crippen molar-refractivity contribution in [2.75, 3.05) is 6.54 Å². The van der Waals surface area contributed by atoms with Crippen LogP contribution in [0.4, 0.5) is 0 Å². The molecule has 0 unspecified atom stereocenters. The SMILES string of the molecule is C[C@H](CCCC(=O)Cc1sc2c(c1-c1nc3cnccc3s1)CCNC2)C1CC1.[HH]. The van der Waals surface area contributed by atoms with E-state index in [0.29, 0.717) is 18.6 Å². The van der Waals surface area contributed by atoms with Crippen LogP contribution in [0.1, 0.15) is 55.8 Å². The number of carbonyl (C=O) groups is 1. The smallest absolute Gasteiger partial charge is 0.138 e. The van der Waals surface area contributed by atoms with Crippen LogP contribution in [0.5, 0.6) is 0 Å². The molecule has 154 valence electrons. The van der Waals surface area contributed by atoms with Gasteiger partial charge < -0.3 is 5.32 Å². The summed E-state index contributed by atoms with van der Waals surface area (Å²) in [7, 11) is 0. The first kappa shape index (κ1) is 19.3. The van der Waals surface area contributed by atoms with Crippen LogP contribution in [0.15, 0.2) is 18.5 Å². The molecule has 1 N–H and O–H groups in total. The lowest BCUT2D eigenvalue weighted by atomic mass is 9.97. The van der Waals surface area contributed by atoms with Crippen molar-refractivity contribution in [3.63, 3.8) is 0 Å². The maximum absolute atomic E-state index is 12.8. The number of nitrogens with zero attached hydrogens (tertiary/aromatic N) is 2. The molecule has 0 radical (unpaired) electrons. The van der Waals surface area contributed by atoms with Gasteiger partial charge in [-0.2, -0.15) is 0 Å². The number of thiophene rings is 1. The molecular weight excluding hydrogens is 398 g/mol. The maximum atomic E-state index is 12.8. The zero-order chi connectivity index (χ0) is 19.8. The molecule has 1 aliphatic carbocycles. The molecule has 1 atom stereocenters. The summed E-state index contributed by atoms with van der Waals surface area (Å²) in [4.78, 5) is 24.5. The van der Waals surface area contributed by atoms with Crippen molar-refractivity contribution >= 4 is 38.7 Å². The summed E-state index contributed by atoms with van der Waals surface area (Å²) < 4.78 is 1.16. The summed E-state index contributed by atoms with van der Waals surface area (Å²) in [6.45, 7) is 4.25. The normalized spacial score (nSPS) is 17.4. The van der Waals surface area contributed by atoms with E-state index in [1.54, 1.807) is 11.3 Å². The molecule has 5 rings (SSSR count). The molecule has 1 aliphatic heterocycles. The highest BCUT2D eigenvalue weighted by Crippen LogP contribution is 2.42. The van der Waals surface area contributed by atoms with Crippen molar-refractivity contribution in [3.05, 3.63) is 33.8 Å². The van der Waals surface area contributed by atoms with E-state index in [9.17, 15) is 4.79 Å². The Bertz CT molecular complexity index is 1010. The number of hydrogen-bond acceptors (Lipinski definition) is 6. The number of aromatic nitrogens is 2. The lowest BCUT2D eigenvalue weighted by Crippen LogP contribution is -2.22. The van der Waals surface area contributed by atoms with Gasteiger partial charge in [-0.25, -0.2) is 4.98 Å². The van der Waals surface area contributed by atoms with Gasteiger partial charge in [-0.3, -0.25) is 9.78 Å². The average Bonchev–Trinajstić information content (AvgIpc) is 3.39. The van der Waals surface area contributed by atoms with E-state index in [1.165, 1.54) is 40.1 Å². The molecule has 0 spiro atoms. The fourth-order valence-corrected chi connectivity index (χ4v) is 6.89. The van der Waals surface area contributed by atoms with Crippen molar-refractivity contribution in [1.29, 1.82) is 0 Å². The van der Waals surface area contributed by atoms with Gasteiger partial charge in [0.1, 0.15) is 16.3 Å². The molecule has 4 heterocycles. The number of nitrogens with one attached hydrogen (secondary N) is 1. The molecule has 4 nitrogen and oxygen atoms in total. The summed E-state index contributed by atoms with van der Waals surface area (Å²) in [6.07, 6.45) is 11.0. The van der Waals surface area contributed by atoms with Gasteiger partial charge in [0, 0.05) is 42.3 Å². The fraction of sp³-hybridized carbons (Fsp3) is 0.522. The van der Waals surface area contributed by atoms with Gasteiger partial charge in [0.05, 0.1) is 10.9 Å². The van der Waals surface area contributed by atoms with E-state index in [4.69, 9.17) is 4.98 Å². The molecule has 0 amide bonds. The van der Waals surface area contributed by atoms with Gasteiger partial charge in [-0.1, -0.05) is 13.3 Å². The monoisotopic (exact) mass is 427 g/mol. The van der Waals surface area contributed by atoms with Crippen LogP contribution in [0.3, 0.4) is 0 Å². The Morgan fingerprint density at radius 2 is 2.28 bits per heavy atom. The van der Waals surface area contributed by atoms with E-state index >= 15 is 0 Å². The van der Waals surface area contributed by atoms with Crippen LogP contribution in [-0.4, -0.2) is 22.3 Å². The third-order valence-electron chi connectivity index (χ3n) is 6.30. The second-order valence-corrected chi connectivity index (χ2v) is 10.7. The van der Waals surface area contributed by atoms with E-state index in [1.807, 2.05) is 29.8 Å². The molecule has 0 saturated heterocycles. The minimum Gasteiger partial charge on any atom is -0.312 e. The summed E-state index contributed by atoms with van der Waals surface area (Å²) >= 11 is 3.54. The highest BCUT2D eigenvalue weighted by Gasteiger charge is 2.28. The standard InChI is InChI=1S/C23H27N3OS2.H2/c1-14(15-5-6-15)3-2-4-16(27)11-20-22(17-7-9-25-13-21(17)28-20)23-26-18-12-24-10-8-19(18)29-23;/h8,10,12,14-15,25H,2-7,9,11,13H2,1H3;1H/t14-;/m1./s1. The average molecular weight is 428 g/mol. The molecule has 2 aliphatic rings. The number of carbonyl (C=O) groups excluding carboxylic acids is 1. The van der Waals surface area contributed by atoms with Gasteiger partial charge in [-0.05, 0) is 55.7 Å². The van der Waals surface area contributed by atoms with Crippen molar-refractivity contribution in [2.24, 2.45) is 11.8 Å². The number of ketones is 1. The van der Waals surface area contributed by atoms with Crippen LogP contribution in [0, 0.1) is 11.8 Å². The first-order chi connectivity index (χ1) is 14.2. The Kier molecular flexibility index (Phi) is 5.50. The molecular formula is C23H29N3OS2. The summed E-state index contributed by atoms with van der Waals surface area (Å²) in [6, 6.07) is 2.03. The summed E-state index contributed by atoms with van der Waals surface area (Å²) in [5.74, 6) is 2.10. The lowest BCUT2D eigenvalue weighted by molar-refractivity contribution is -0.118. The second-order valence-electron chi connectivity index (χ2n) is 8.51. The molecule has 3 aromatic rings. The molecule has 29 heavy (non-hydrogen) atoms. The number of hydrogen-bond donors (Lipinski definition) is 1. The minimum atomic E-state index is 0. The van der Waals surface area contributed by atoms with Crippen molar-refractivity contribution in [1.82, 2.24) is 15.3 Å². The van der Waals surface area contributed by atoms with E-state index in [-0.39, 0.29) is 1.43 Å². The molecule has 1 saturated carbocycles. The zero-order valence-electron chi connectivity index (χ0n) is 16.9. The summed E-state index contributed by atoms with van der Waals surface area (Å²) in [5, 5.41) is 4.53. The zero-order valence-corrected chi connectivity index (χ0v) is 18.5. The predicted octanol–water partition coefficient (Wildman–Crippen LogP) is 5.64. The molecule has 3 aromatic heterocycles. The van der Waals surface area contributed by atoms with Crippen LogP contribution in [0.2, 0.25) is 0 Å². The number of thiazole rings is 1. The Morgan fingerprint density at radius 1 is 1.38 bits per heavy atom. The van der Waals surface area contributed by atoms with E-state index in [2.05, 4.69) is 17.2 Å². The Labute approximate surface area is 181 Å². The Hall–Kier alpha value is -1.63. The number of pyridine rings is 1. The van der Waals surface area contributed by atoms with Crippen LogP contribution in [0.25, 0.3) is 20.8 Å².